The van der Waals surface area contributed by atoms with Crippen molar-refractivity contribution in [1.29, 1.82) is 0 Å². The molecule has 0 radical (unpaired) electrons. The lowest BCUT2D eigenvalue weighted by atomic mass is 10.0. The molecule has 3 atom stereocenters. The van der Waals surface area contributed by atoms with Crippen LogP contribution in [0.25, 0.3) is 11.3 Å². The average molecular weight is 419 g/mol. The molecule has 2 aromatic rings. The summed E-state index contributed by atoms with van der Waals surface area (Å²) in [4.78, 5) is 33.8. The molecule has 1 aliphatic rings. The summed E-state index contributed by atoms with van der Waals surface area (Å²) in [6, 6.07) is 1.91. The van der Waals surface area contributed by atoms with E-state index in [2.05, 4.69) is 15.3 Å². The predicted molar refractivity (Wildman–Crippen MR) is 108 cm³/mol. The van der Waals surface area contributed by atoms with Crippen LogP contribution in [0, 0.1) is 11.6 Å². The minimum atomic E-state index is -0.974. The van der Waals surface area contributed by atoms with Crippen LogP contribution in [0.2, 0.25) is 0 Å². The number of halogens is 2. The zero-order valence-electron chi connectivity index (χ0n) is 17.1. The minimum Gasteiger partial charge on any atom is -0.345 e. The van der Waals surface area contributed by atoms with Crippen LogP contribution in [-0.2, 0) is 9.59 Å². The number of aromatic nitrogens is 2. The minimum absolute atomic E-state index is 0.0624. The summed E-state index contributed by atoms with van der Waals surface area (Å²) in [6.45, 7) is 4.39. The summed E-state index contributed by atoms with van der Waals surface area (Å²) in [5.74, 6) is -1.57. The van der Waals surface area contributed by atoms with Gasteiger partial charge in [0.25, 0.3) is 0 Å². The van der Waals surface area contributed by atoms with E-state index < -0.39 is 29.6 Å². The maximum absolute atomic E-state index is 14.0. The second-order valence-electron chi connectivity index (χ2n) is 7.78. The molecule has 4 N–H and O–H groups in total. The fourth-order valence-corrected chi connectivity index (χ4v) is 3.66. The van der Waals surface area contributed by atoms with E-state index in [4.69, 9.17) is 5.73 Å². The van der Waals surface area contributed by atoms with Gasteiger partial charge in [-0.3, -0.25) is 9.59 Å². The summed E-state index contributed by atoms with van der Waals surface area (Å²) < 4.78 is 27.0. The Balaban J connectivity index is 1.58. The van der Waals surface area contributed by atoms with Gasteiger partial charge < -0.3 is 20.9 Å². The van der Waals surface area contributed by atoms with Gasteiger partial charge in [-0.25, -0.2) is 13.8 Å². The third kappa shape index (κ3) is 5.02. The van der Waals surface area contributed by atoms with E-state index in [1.807, 2.05) is 6.92 Å². The molecule has 0 aliphatic carbocycles. The largest absolute Gasteiger partial charge is 0.345 e. The maximum Gasteiger partial charge on any atom is 0.238 e. The van der Waals surface area contributed by atoms with Gasteiger partial charge in [0.1, 0.15) is 17.5 Å². The van der Waals surface area contributed by atoms with Crippen LogP contribution in [0.15, 0.2) is 24.4 Å². The Hall–Kier alpha value is -2.81. The van der Waals surface area contributed by atoms with Gasteiger partial charge in [-0.2, -0.15) is 0 Å². The van der Waals surface area contributed by atoms with Crippen LogP contribution in [0.3, 0.4) is 0 Å². The molecule has 9 heteroatoms. The lowest BCUT2D eigenvalue weighted by molar-refractivity contribution is -0.137. The number of nitrogens with zero attached hydrogens (tertiary/aromatic N) is 2. The first-order valence-electron chi connectivity index (χ1n) is 10.1. The van der Waals surface area contributed by atoms with Crippen molar-refractivity contribution in [3.8, 4) is 11.3 Å². The second kappa shape index (κ2) is 9.34. The number of amides is 2. The number of carbonyl (C=O) groups excluding carboxylic acids is 2. The van der Waals surface area contributed by atoms with Gasteiger partial charge >= 0.3 is 0 Å². The molecule has 0 spiro atoms. The van der Waals surface area contributed by atoms with E-state index in [-0.39, 0.29) is 23.9 Å². The Labute approximate surface area is 174 Å². The van der Waals surface area contributed by atoms with Crippen LogP contribution in [0.5, 0.6) is 0 Å². The van der Waals surface area contributed by atoms with Gasteiger partial charge in [0.2, 0.25) is 11.8 Å². The first kappa shape index (κ1) is 21.9. The first-order valence-corrected chi connectivity index (χ1v) is 10.1. The number of hydrogen-bond acceptors (Lipinski definition) is 4. The topological polar surface area (TPSA) is 104 Å². The molecule has 3 rings (SSSR count). The smallest absolute Gasteiger partial charge is 0.238 e. The van der Waals surface area contributed by atoms with Crippen molar-refractivity contribution in [2.75, 3.05) is 6.54 Å². The summed E-state index contributed by atoms with van der Waals surface area (Å²) in [5, 5.41) is 2.72. The molecule has 30 heavy (non-hydrogen) atoms. The Morgan fingerprint density at radius 2 is 2.13 bits per heavy atom. The molecule has 1 fully saturated rings. The van der Waals surface area contributed by atoms with Gasteiger partial charge in [-0.15, -0.1) is 0 Å². The highest BCUT2D eigenvalue weighted by atomic mass is 19.1. The SMILES string of the molecule is C[C@H](NC(=O)[C@@H](N)CC(=O)N1CCCC[C@@H]1C)c1ncc(-c2ccc(F)cc2F)[nH]1. The first-order chi connectivity index (χ1) is 14.3. The molecule has 1 aromatic heterocycles. The standard InChI is InChI=1S/C21H27F2N5O2/c1-12-5-3-4-8-28(12)19(29)10-17(24)21(30)26-13(2)20-25-11-18(27-20)15-7-6-14(22)9-16(15)23/h6-7,9,11-13,17H,3-5,8,10,24H2,1-2H3,(H,25,27)(H,26,30)/t12-,13-,17-/m0/s1. The average Bonchev–Trinajstić information content (AvgIpc) is 3.18. The lowest BCUT2D eigenvalue weighted by Gasteiger charge is -2.34. The highest BCUT2D eigenvalue weighted by Crippen LogP contribution is 2.23. The third-order valence-corrected chi connectivity index (χ3v) is 5.44. The van der Waals surface area contributed by atoms with Crippen LogP contribution >= 0.6 is 0 Å². The van der Waals surface area contributed by atoms with Crippen LogP contribution in [-0.4, -0.2) is 45.3 Å². The summed E-state index contributed by atoms with van der Waals surface area (Å²) >= 11 is 0. The van der Waals surface area contributed by atoms with Crippen molar-refractivity contribution >= 4 is 11.8 Å². The van der Waals surface area contributed by atoms with Gasteiger partial charge in [0.05, 0.1) is 30.4 Å². The van der Waals surface area contributed by atoms with Crippen molar-refractivity contribution in [2.24, 2.45) is 5.73 Å². The molecule has 0 unspecified atom stereocenters. The third-order valence-electron chi connectivity index (χ3n) is 5.44. The molecule has 7 nitrogen and oxygen atoms in total. The number of rotatable bonds is 6. The molecular formula is C21H27F2N5O2. The monoisotopic (exact) mass is 419 g/mol. The highest BCUT2D eigenvalue weighted by Gasteiger charge is 2.27. The van der Waals surface area contributed by atoms with Gasteiger partial charge in [-0.1, -0.05) is 0 Å². The molecule has 2 amide bonds. The quantitative estimate of drug-likeness (QED) is 0.670. The maximum atomic E-state index is 14.0. The Bertz CT molecular complexity index is 917. The van der Waals surface area contributed by atoms with Crippen molar-refractivity contribution in [1.82, 2.24) is 20.2 Å². The number of carbonyl (C=O) groups is 2. The number of benzene rings is 1. The number of nitrogens with one attached hydrogen (secondary N) is 2. The molecule has 0 saturated carbocycles. The molecule has 1 aromatic carbocycles. The van der Waals surface area contributed by atoms with E-state index in [1.165, 1.54) is 12.3 Å². The summed E-state index contributed by atoms with van der Waals surface area (Å²) in [6.07, 6.45) is 4.37. The van der Waals surface area contributed by atoms with E-state index in [0.717, 1.165) is 31.4 Å². The molecule has 1 saturated heterocycles. The van der Waals surface area contributed by atoms with Crippen molar-refractivity contribution in [3.63, 3.8) is 0 Å². The molecule has 2 heterocycles. The number of likely N-dealkylation sites (tertiary alicyclic amines) is 1. The number of imidazole rings is 1. The number of nitrogens with two attached hydrogens (primary N) is 1. The normalized spacial score (nSPS) is 18.7. The zero-order valence-corrected chi connectivity index (χ0v) is 17.1. The highest BCUT2D eigenvalue weighted by molar-refractivity contribution is 5.88. The van der Waals surface area contributed by atoms with E-state index in [9.17, 15) is 18.4 Å². The van der Waals surface area contributed by atoms with Crippen molar-refractivity contribution < 1.29 is 18.4 Å². The lowest BCUT2D eigenvalue weighted by Crippen LogP contribution is -2.48. The van der Waals surface area contributed by atoms with Crippen LogP contribution in [0.4, 0.5) is 8.78 Å². The van der Waals surface area contributed by atoms with Gasteiger partial charge in [-0.05, 0) is 45.2 Å². The Kier molecular flexibility index (Phi) is 6.81. The van der Waals surface area contributed by atoms with Crippen LogP contribution < -0.4 is 11.1 Å². The number of hydrogen-bond donors (Lipinski definition) is 3. The number of aromatic amines is 1. The van der Waals surface area contributed by atoms with E-state index >= 15 is 0 Å². The second-order valence-corrected chi connectivity index (χ2v) is 7.78. The number of piperidine rings is 1. The Morgan fingerprint density at radius 1 is 1.37 bits per heavy atom. The van der Waals surface area contributed by atoms with Crippen molar-refractivity contribution in [3.05, 3.63) is 41.9 Å². The van der Waals surface area contributed by atoms with E-state index in [0.29, 0.717) is 18.1 Å². The molecule has 1 aliphatic heterocycles. The van der Waals surface area contributed by atoms with Gasteiger partial charge in [0, 0.05) is 24.2 Å². The Morgan fingerprint density at radius 3 is 2.83 bits per heavy atom. The van der Waals surface area contributed by atoms with E-state index in [1.54, 1.807) is 11.8 Å². The molecule has 162 valence electrons. The predicted octanol–water partition coefficient (Wildman–Crippen LogP) is 2.65. The van der Waals surface area contributed by atoms with Crippen molar-refractivity contribution in [2.45, 2.75) is 57.7 Å². The zero-order chi connectivity index (χ0) is 21.8. The summed E-state index contributed by atoms with van der Waals surface area (Å²) in [7, 11) is 0. The fraction of sp³-hybridized carbons (Fsp3) is 0.476. The fourth-order valence-electron chi connectivity index (χ4n) is 3.66. The summed E-state index contributed by atoms with van der Waals surface area (Å²) in [5.41, 5.74) is 6.49. The number of H-pyrrole nitrogens is 1. The molecule has 0 bridgehead atoms. The van der Waals surface area contributed by atoms with Gasteiger partial charge in [0.15, 0.2) is 0 Å². The molecular weight excluding hydrogens is 392 g/mol. The van der Waals surface area contributed by atoms with Crippen LogP contribution in [0.1, 0.15) is 51.4 Å².